The summed E-state index contributed by atoms with van der Waals surface area (Å²) >= 11 is 0. The fourth-order valence-corrected chi connectivity index (χ4v) is 4.82. The normalized spacial score (nSPS) is 11.2. The fraction of sp³-hybridized carbons (Fsp3) is 0.611. The summed E-state index contributed by atoms with van der Waals surface area (Å²) in [6.45, 7) is 9.64. The first-order valence-corrected chi connectivity index (χ1v) is 16.4. The molecule has 0 bridgehead atoms. The molecule has 0 aromatic heterocycles. The summed E-state index contributed by atoms with van der Waals surface area (Å²) in [5, 5.41) is 5.88. The number of nitrogens with one attached hydrogen (secondary N) is 2. The van der Waals surface area contributed by atoms with Gasteiger partial charge in [-0.2, -0.15) is 0 Å². The van der Waals surface area contributed by atoms with Gasteiger partial charge in [0.25, 0.3) is 5.91 Å². The van der Waals surface area contributed by atoms with Crippen molar-refractivity contribution in [3.8, 4) is 16.9 Å². The molecule has 2 rings (SSSR count). The minimum atomic E-state index is -0.485. The van der Waals surface area contributed by atoms with Crippen molar-refractivity contribution in [2.75, 3.05) is 19.7 Å². The predicted octanol–water partition coefficient (Wildman–Crippen LogP) is 9.47. The molecule has 0 aliphatic rings. The van der Waals surface area contributed by atoms with Crippen molar-refractivity contribution in [1.29, 1.82) is 0 Å². The van der Waals surface area contributed by atoms with Gasteiger partial charge < -0.3 is 20.1 Å². The molecule has 0 spiro atoms. The van der Waals surface area contributed by atoms with Gasteiger partial charge in [0.15, 0.2) is 0 Å². The molecule has 6 heteroatoms. The minimum absolute atomic E-state index is 0.0996. The lowest BCUT2D eigenvalue weighted by Crippen LogP contribution is -2.33. The van der Waals surface area contributed by atoms with Gasteiger partial charge in [0.05, 0.1) is 12.2 Å². The second kappa shape index (κ2) is 20.8. The second-order valence-corrected chi connectivity index (χ2v) is 12.2. The number of unbranched alkanes of at least 4 members (excludes halogenated alkanes) is 12. The molecule has 0 heterocycles. The van der Waals surface area contributed by atoms with Crippen molar-refractivity contribution in [2.45, 2.75) is 123 Å². The third-order valence-electron chi connectivity index (χ3n) is 7.14. The molecule has 0 saturated carbocycles. The Kier molecular flexibility index (Phi) is 17.4. The number of ether oxygens (including phenoxy) is 2. The first kappa shape index (κ1) is 35.2. The Morgan fingerprint density at radius 3 is 1.86 bits per heavy atom. The van der Waals surface area contributed by atoms with Crippen LogP contribution in [0.5, 0.6) is 5.75 Å². The molecule has 0 fully saturated rings. The maximum Gasteiger partial charge on any atom is 0.407 e. The highest BCUT2D eigenvalue weighted by Crippen LogP contribution is 2.27. The standard InChI is InChI=1S/C36H56N2O4/c1-5-6-7-8-9-10-11-12-15-21-28-41-33-25-24-31(30-22-17-16-18-23-30)29-32(33)34(39)37-26-19-13-14-20-27-38-35(40)42-36(2,3)4/h16-18,22-25,29H,5-15,19-21,26-28H2,1-4H3,(H,37,39)(H,38,40). The Morgan fingerprint density at radius 2 is 1.24 bits per heavy atom. The van der Waals surface area contributed by atoms with Gasteiger partial charge in [-0.3, -0.25) is 4.79 Å². The molecule has 2 amide bonds. The predicted molar refractivity (Wildman–Crippen MR) is 174 cm³/mol. The Hall–Kier alpha value is -3.02. The van der Waals surface area contributed by atoms with Crippen LogP contribution in [-0.2, 0) is 4.74 Å². The van der Waals surface area contributed by atoms with E-state index in [-0.39, 0.29) is 12.0 Å². The second-order valence-electron chi connectivity index (χ2n) is 12.2. The van der Waals surface area contributed by atoms with Crippen molar-refractivity contribution in [3.63, 3.8) is 0 Å². The Morgan fingerprint density at radius 1 is 0.667 bits per heavy atom. The van der Waals surface area contributed by atoms with E-state index in [4.69, 9.17) is 9.47 Å². The van der Waals surface area contributed by atoms with Gasteiger partial charge in [-0.05, 0) is 63.3 Å². The van der Waals surface area contributed by atoms with Crippen molar-refractivity contribution >= 4 is 12.0 Å². The first-order chi connectivity index (χ1) is 20.3. The molecule has 234 valence electrons. The molecule has 0 aliphatic heterocycles. The SMILES string of the molecule is CCCCCCCCCCCCOc1ccc(-c2ccccc2)cc1C(=O)NCCCCCCNC(=O)OC(C)(C)C. The van der Waals surface area contributed by atoms with Crippen molar-refractivity contribution in [2.24, 2.45) is 0 Å². The number of hydrogen-bond donors (Lipinski definition) is 2. The fourth-order valence-electron chi connectivity index (χ4n) is 4.82. The van der Waals surface area contributed by atoms with Crippen LogP contribution < -0.4 is 15.4 Å². The average molecular weight is 581 g/mol. The van der Waals surface area contributed by atoms with E-state index in [1.807, 2.05) is 57.2 Å². The van der Waals surface area contributed by atoms with E-state index in [1.165, 1.54) is 51.4 Å². The van der Waals surface area contributed by atoms with Crippen molar-refractivity contribution < 1.29 is 19.1 Å². The topological polar surface area (TPSA) is 76.7 Å². The summed E-state index contributed by atoms with van der Waals surface area (Å²) < 4.78 is 11.4. The Labute approximate surface area is 255 Å². The van der Waals surface area contributed by atoms with E-state index in [2.05, 4.69) is 29.7 Å². The summed E-state index contributed by atoms with van der Waals surface area (Å²) in [6.07, 6.45) is 16.1. The lowest BCUT2D eigenvalue weighted by molar-refractivity contribution is 0.0526. The van der Waals surface area contributed by atoms with Gasteiger partial charge in [-0.15, -0.1) is 0 Å². The molecule has 0 atom stereocenters. The highest BCUT2D eigenvalue weighted by Gasteiger charge is 2.16. The van der Waals surface area contributed by atoms with E-state index in [1.54, 1.807) is 0 Å². The van der Waals surface area contributed by atoms with E-state index in [9.17, 15) is 9.59 Å². The maximum atomic E-state index is 13.2. The van der Waals surface area contributed by atoms with E-state index in [0.29, 0.717) is 31.0 Å². The van der Waals surface area contributed by atoms with Crippen LogP contribution in [0.3, 0.4) is 0 Å². The van der Waals surface area contributed by atoms with Crippen LogP contribution in [0.2, 0.25) is 0 Å². The zero-order valence-corrected chi connectivity index (χ0v) is 26.8. The zero-order valence-electron chi connectivity index (χ0n) is 26.8. The molecule has 0 radical (unpaired) electrons. The summed E-state index contributed by atoms with van der Waals surface area (Å²) in [4.78, 5) is 25.0. The Balaban J connectivity index is 1.76. The van der Waals surface area contributed by atoms with Gasteiger partial charge >= 0.3 is 6.09 Å². The highest BCUT2D eigenvalue weighted by molar-refractivity contribution is 5.98. The number of hydrogen-bond acceptors (Lipinski definition) is 4. The van der Waals surface area contributed by atoms with Gasteiger partial charge in [-0.1, -0.05) is 114 Å². The smallest absolute Gasteiger partial charge is 0.407 e. The first-order valence-electron chi connectivity index (χ1n) is 16.4. The monoisotopic (exact) mass is 580 g/mol. The third kappa shape index (κ3) is 15.8. The molecule has 2 aromatic rings. The number of alkyl carbamates (subject to hydrolysis) is 1. The number of carbonyl (C=O) groups is 2. The lowest BCUT2D eigenvalue weighted by atomic mass is 10.0. The Bertz CT molecular complexity index is 1020. The molecule has 2 aromatic carbocycles. The lowest BCUT2D eigenvalue weighted by Gasteiger charge is -2.19. The zero-order chi connectivity index (χ0) is 30.5. The highest BCUT2D eigenvalue weighted by atomic mass is 16.6. The quantitative estimate of drug-likeness (QED) is 0.144. The number of carbonyl (C=O) groups excluding carboxylic acids is 2. The number of amides is 2. The average Bonchev–Trinajstić information content (AvgIpc) is 2.96. The summed E-state index contributed by atoms with van der Waals surface area (Å²) in [5.41, 5.74) is 2.18. The molecule has 2 N–H and O–H groups in total. The van der Waals surface area contributed by atoms with Gasteiger partial charge in [0.1, 0.15) is 11.4 Å². The van der Waals surface area contributed by atoms with Gasteiger partial charge in [0, 0.05) is 13.1 Å². The number of rotatable bonds is 21. The van der Waals surface area contributed by atoms with Crippen LogP contribution in [0.15, 0.2) is 48.5 Å². The molecular weight excluding hydrogens is 524 g/mol. The van der Waals surface area contributed by atoms with Crippen LogP contribution in [-0.4, -0.2) is 37.3 Å². The van der Waals surface area contributed by atoms with Crippen molar-refractivity contribution in [3.05, 3.63) is 54.1 Å². The maximum absolute atomic E-state index is 13.2. The molecular formula is C36H56N2O4. The molecule has 0 aliphatic carbocycles. The van der Waals surface area contributed by atoms with Crippen LogP contribution in [0.25, 0.3) is 11.1 Å². The minimum Gasteiger partial charge on any atom is -0.493 e. The summed E-state index contributed by atoms with van der Waals surface area (Å²) in [6, 6.07) is 16.0. The molecule has 42 heavy (non-hydrogen) atoms. The van der Waals surface area contributed by atoms with Gasteiger partial charge in [0.2, 0.25) is 0 Å². The van der Waals surface area contributed by atoms with Crippen molar-refractivity contribution in [1.82, 2.24) is 10.6 Å². The van der Waals surface area contributed by atoms with Crippen LogP contribution in [0, 0.1) is 0 Å². The van der Waals surface area contributed by atoms with E-state index < -0.39 is 5.60 Å². The molecule has 6 nitrogen and oxygen atoms in total. The largest absolute Gasteiger partial charge is 0.493 e. The van der Waals surface area contributed by atoms with Crippen LogP contribution >= 0.6 is 0 Å². The van der Waals surface area contributed by atoms with Gasteiger partial charge in [-0.25, -0.2) is 4.79 Å². The summed E-state index contributed by atoms with van der Waals surface area (Å²) in [7, 11) is 0. The summed E-state index contributed by atoms with van der Waals surface area (Å²) in [5.74, 6) is 0.550. The molecule has 0 saturated heterocycles. The van der Waals surface area contributed by atoms with E-state index >= 15 is 0 Å². The van der Waals surface area contributed by atoms with Crippen LogP contribution in [0.4, 0.5) is 4.79 Å². The van der Waals surface area contributed by atoms with Crippen LogP contribution in [0.1, 0.15) is 128 Å². The third-order valence-corrected chi connectivity index (χ3v) is 7.14. The molecule has 0 unspecified atom stereocenters. The number of benzene rings is 2. The van der Waals surface area contributed by atoms with E-state index in [0.717, 1.165) is 49.7 Å².